The minimum Gasteiger partial charge on any atom is -0.497 e. The van der Waals surface area contributed by atoms with Gasteiger partial charge in [-0.2, -0.15) is 13.2 Å². The number of methoxy groups -OCH3 is 1. The average Bonchev–Trinajstić information content (AvgIpc) is 2.64. The number of hydrogen-bond acceptors (Lipinski definition) is 3. The molecule has 0 aliphatic carbocycles. The second-order valence-corrected chi connectivity index (χ2v) is 6.59. The third-order valence-electron chi connectivity index (χ3n) is 4.25. The van der Waals surface area contributed by atoms with Crippen molar-refractivity contribution in [1.82, 2.24) is 0 Å². The highest BCUT2D eigenvalue weighted by atomic mass is 35.5. The van der Waals surface area contributed by atoms with E-state index in [9.17, 15) is 23.1 Å². The average molecular weight is 411 g/mol. The van der Waals surface area contributed by atoms with Crippen LogP contribution in [0.5, 0.6) is 11.5 Å². The SMILES string of the molecule is COc1ccc(C#Cc2cc(Cl)cc3c2OC(C(F)(F)F)C(C(=O)O)C3)cc1. The Morgan fingerprint density at radius 3 is 2.50 bits per heavy atom. The van der Waals surface area contributed by atoms with Crippen molar-refractivity contribution in [3.05, 3.63) is 58.1 Å². The summed E-state index contributed by atoms with van der Waals surface area (Å²) in [5, 5.41) is 9.41. The van der Waals surface area contributed by atoms with Gasteiger partial charge in [-0.3, -0.25) is 4.79 Å². The van der Waals surface area contributed by atoms with E-state index >= 15 is 0 Å². The lowest BCUT2D eigenvalue weighted by atomic mass is 9.89. The monoisotopic (exact) mass is 410 g/mol. The van der Waals surface area contributed by atoms with Crippen molar-refractivity contribution < 1.29 is 32.5 Å². The number of carboxylic acid groups (broad SMARTS) is 1. The first-order valence-electron chi connectivity index (χ1n) is 8.13. The van der Waals surface area contributed by atoms with E-state index in [2.05, 4.69) is 11.8 Å². The van der Waals surface area contributed by atoms with Crippen LogP contribution in [0.4, 0.5) is 13.2 Å². The molecule has 146 valence electrons. The smallest absolute Gasteiger partial charge is 0.426 e. The predicted octanol–water partition coefficient (Wildman–Crippen LogP) is 4.32. The number of ether oxygens (including phenoxy) is 2. The topological polar surface area (TPSA) is 55.8 Å². The number of aliphatic carboxylic acids is 1. The summed E-state index contributed by atoms with van der Waals surface area (Å²) in [5.74, 6) is 2.81. The highest BCUT2D eigenvalue weighted by molar-refractivity contribution is 6.30. The molecule has 0 aromatic heterocycles. The first-order valence-corrected chi connectivity index (χ1v) is 8.51. The van der Waals surface area contributed by atoms with Gasteiger partial charge in [0, 0.05) is 10.6 Å². The molecule has 0 fully saturated rings. The van der Waals surface area contributed by atoms with E-state index in [-0.39, 0.29) is 28.3 Å². The van der Waals surface area contributed by atoms with E-state index in [0.717, 1.165) is 0 Å². The van der Waals surface area contributed by atoms with Crippen LogP contribution >= 0.6 is 11.6 Å². The Morgan fingerprint density at radius 2 is 1.93 bits per heavy atom. The van der Waals surface area contributed by atoms with E-state index in [4.69, 9.17) is 21.1 Å². The normalized spacial score (nSPS) is 18.3. The number of hydrogen-bond donors (Lipinski definition) is 1. The fraction of sp³-hybridized carbons (Fsp3) is 0.250. The number of alkyl halides is 3. The summed E-state index contributed by atoms with van der Waals surface area (Å²) < 4.78 is 50.1. The molecule has 8 heteroatoms. The third kappa shape index (κ3) is 4.18. The molecule has 2 unspecified atom stereocenters. The molecule has 1 aliphatic rings. The lowest BCUT2D eigenvalue weighted by Gasteiger charge is -2.33. The van der Waals surface area contributed by atoms with Gasteiger partial charge in [-0.05, 0) is 48.4 Å². The first kappa shape index (κ1) is 19.9. The molecule has 0 bridgehead atoms. The zero-order valence-electron chi connectivity index (χ0n) is 14.5. The molecule has 1 heterocycles. The van der Waals surface area contributed by atoms with E-state index < -0.39 is 24.2 Å². The Balaban J connectivity index is 2.02. The largest absolute Gasteiger partial charge is 0.497 e. The van der Waals surface area contributed by atoms with Gasteiger partial charge in [0.15, 0.2) is 0 Å². The van der Waals surface area contributed by atoms with Crippen molar-refractivity contribution >= 4 is 17.6 Å². The molecule has 28 heavy (non-hydrogen) atoms. The van der Waals surface area contributed by atoms with Crippen LogP contribution in [0.1, 0.15) is 16.7 Å². The summed E-state index contributed by atoms with van der Waals surface area (Å²) in [5.41, 5.74) is 1.05. The number of carbonyl (C=O) groups is 1. The van der Waals surface area contributed by atoms with Crippen molar-refractivity contribution in [3.63, 3.8) is 0 Å². The molecule has 4 nitrogen and oxygen atoms in total. The molecule has 0 spiro atoms. The molecule has 0 amide bonds. The maximum absolute atomic E-state index is 13.3. The van der Waals surface area contributed by atoms with Gasteiger partial charge >= 0.3 is 12.1 Å². The van der Waals surface area contributed by atoms with Crippen LogP contribution in [-0.4, -0.2) is 30.5 Å². The molecule has 0 saturated carbocycles. The Hall–Kier alpha value is -2.85. The Labute approximate surface area is 163 Å². The summed E-state index contributed by atoms with van der Waals surface area (Å²) in [7, 11) is 1.53. The van der Waals surface area contributed by atoms with Crippen molar-refractivity contribution in [3.8, 4) is 23.3 Å². The Morgan fingerprint density at radius 1 is 1.25 bits per heavy atom. The van der Waals surface area contributed by atoms with Gasteiger partial charge in [-0.1, -0.05) is 23.4 Å². The molecule has 0 saturated heterocycles. The van der Waals surface area contributed by atoms with E-state index in [1.54, 1.807) is 24.3 Å². The van der Waals surface area contributed by atoms with Crippen molar-refractivity contribution in [2.45, 2.75) is 18.7 Å². The van der Waals surface area contributed by atoms with Gasteiger partial charge in [-0.15, -0.1) is 0 Å². The van der Waals surface area contributed by atoms with Crippen LogP contribution < -0.4 is 9.47 Å². The van der Waals surface area contributed by atoms with Crippen LogP contribution in [0.2, 0.25) is 5.02 Å². The van der Waals surface area contributed by atoms with E-state index in [1.165, 1.54) is 19.2 Å². The number of carboxylic acids is 1. The van der Waals surface area contributed by atoms with Crippen LogP contribution in [0.15, 0.2) is 36.4 Å². The van der Waals surface area contributed by atoms with Crippen molar-refractivity contribution in [1.29, 1.82) is 0 Å². The zero-order valence-corrected chi connectivity index (χ0v) is 15.3. The Kier molecular flexibility index (Phi) is 5.43. The van der Waals surface area contributed by atoms with Gasteiger partial charge < -0.3 is 14.6 Å². The van der Waals surface area contributed by atoms with Gasteiger partial charge in [0.05, 0.1) is 12.7 Å². The standard InChI is InChI=1S/C20H14ClF3O4/c1-27-15-6-3-11(4-7-15)2-5-12-8-14(21)9-13-10-16(19(25)26)18(20(22,23)24)28-17(12)13/h3-4,6-9,16,18H,10H2,1H3,(H,25,26). The van der Waals surface area contributed by atoms with Gasteiger partial charge in [-0.25, -0.2) is 0 Å². The minimum absolute atomic E-state index is 0.0924. The zero-order chi connectivity index (χ0) is 20.5. The number of rotatable bonds is 2. The molecule has 3 rings (SSSR count). The van der Waals surface area contributed by atoms with Gasteiger partial charge in [0.25, 0.3) is 0 Å². The highest BCUT2D eigenvalue weighted by Gasteiger charge is 2.52. The quantitative estimate of drug-likeness (QED) is 0.749. The molecular weight excluding hydrogens is 397 g/mol. The van der Waals surface area contributed by atoms with Crippen LogP contribution in [0.25, 0.3) is 0 Å². The summed E-state index contributed by atoms with van der Waals surface area (Å²) >= 11 is 6.05. The fourth-order valence-corrected chi connectivity index (χ4v) is 3.15. The van der Waals surface area contributed by atoms with Crippen LogP contribution in [0, 0.1) is 17.8 Å². The lowest BCUT2D eigenvalue weighted by Crippen LogP contribution is -2.47. The maximum Gasteiger partial charge on any atom is 0.426 e. The van der Waals surface area contributed by atoms with E-state index in [1.807, 2.05) is 0 Å². The van der Waals surface area contributed by atoms with Gasteiger partial charge in [0.1, 0.15) is 17.4 Å². The maximum atomic E-state index is 13.3. The summed E-state index contributed by atoms with van der Waals surface area (Å²) in [6.45, 7) is 0. The van der Waals surface area contributed by atoms with Crippen LogP contribution in [-0.2, 0) is 11.2 Å². The molecule has 1 aliphatic heterocycles. The predicted molar refractivity (Wildman–Crippen MR) is 95.7 cm³/mol. The number of fused-ring (bicyclic) bond motifs is 1. The molecule has 2 aromatic carbocycles. The lowest BCUT2D eigenvalue weighted by molar-refractivity contribution is -0.217. The summed E-state index contributed by atoms with van der Waals surface area (Å²) in [6, 6.07) is 9.59. The molecule has 0 radical (unpaired) electrons. The fourth-order valence-electron chi connectivity index (χ4n) is 2.91. The second kappa shape index (κ2) is 7.64. The first-order chi connectivity index (χ1) is 13.2. The second-order valence-electron chi connectivity index (χ2n) is 6.15. The van der Waals surface area contributed by atoms with Crippen molar-refractivity contribution in [2.75, 3.05) is 7.11 Å². The third-order valence-corrected chi connectivity index (χ3v) is 4.47. The number of halogens is 4. The molecule has 1 N–H and O–H groups in total. The number of benzene rings is 2. The highest BCUT2D eigenvalue weighted by Crippen LogP contribution is 2.41. The minimum atomic E-state index is -4.83. The summed E-state index contributed by atoms with van der Waals surface area (Å²) in [4.78, 5) is 11.3. The van der Waals surface area contributed by atoms with E-state index in [0.29, 0.717) is 11.3 Å². The van der Waals surface area contributed by atoms with Crippen molar-refractivity contribution in [2.24, 2.45) is 5.92 Å². The van der Waals surface area contributed by atoms with Gasteiger partial charge in [0.2, 0.25) is 6.10 Å². The molecule has 2 aromatic rings. The van der Waals surface area contributed by atoms with Crippen LogP contribution in [0.3, 0.4) is 0 Å². The Bertz CT molecular complexity index is 958. The summed E-state index contributed by atoms with van der Waals surface area (Å²) in [6.07, 6.45) is -7.64. The molecular formula is C20H14ClF3O4. The molecule has 2 atom stereocenters.